The van der Waals surface area contributed by atoms with E-state index < -0.39 is 0 Å². The molecule has 0 fully saturated rings. The third-order valence-corrected chi connectivity index (χ3v) is 2.91. The highest BCUT2D eigenvalue weighted by Crippen LogP contribution is 2.27. The summed E-state index contributed by atoms with van der Waals surface area (Å²) in [6.45, 7) is 0.0399. The molecular weight excluding hydrogens is 212 g/mol. The number of aliphatic hydroxyl groups is 1. The molecule has 0 aliphatic heterocycles. The van der Waals surface area contributed by atoms with Gasteiger partial charge >= 0.3 is 0 Å². The summed E-state index contributed by atoms with van der Waals surface area (Å²) >= 11 is 0. The molecule has 3 aromatic rings. The molecule has 0 aliphatic carbocycles. The average Bonchev–Trinajstić information content (AvgIpc) is 2.82. The van der Waals surface area contributed by atoms with E-state index in [2.05, 4.69) is 9.97 Å². The maximum Gasteiger partial charge on any atom is 0.0942 e. The Kier molecular flexibility index (Phi) is 2.38. The van der Waals surface area contributed by atoms with Gasteiger partial charge in [-0.1, -0.05) is 30.3 Å². The molecule has 0 bridgehead atoms. The van der Waals surface area contributed by atoms with Crippen molar-refractivity contribution in [1.29, 1.82) is 0 Å². The van der Waals surface area contributed by atoms with Crippen molar-refractivity contribution in [2.75, 3.05) is 0 Å². The highest BCUT2D eigenvalue weighted by atomic mass is 16.3. The van der Waals surface area contributed by atoms with Crippen LogP contribution in [0.3, 0.4) is 0 Å². The second-order valence-corrected chi connectivity index (χ2v) is 3.92. The smallest absolute Gasteiger partial charge is 0.0942 e. The minimum Gasteiger partial charge on any atom is -0.392 e. The molecular formula is C14H12N2O. The second kappa shape index (κ2) is 4.03. The molecule has 84 valence electrons. The van der Waals surface area contributed by atoms with Gasteiger partial charge in [-0.15, -0.1) is 0 Å². The number of aliphatic hydroxyl groups excluding tert-OH is 1. The van der Waals surface area contributed by atoms with E-state index in [-0.39, 0.29) is 6.61 Å². The fourth-order valence-electron chi connectivity index (χ4n) is 2.06. The van der Waals surface area contributed by atoms with Crippen LogP contribution in [0.2, 0.25) is 0 Å². The van der Waals surface area contributed by atoms with Crippen molar-refractivity contribution in [1.82, 2.24) is 9.97 Å². The first-order valence-electron chi connectivity index (χ1n) is 5.51. The molecule has 2 N–H and O–H groups in total. The van der Waals surface area contributed by atoms with Crippen molar-refractivity contribution in [3.05, 3.63) is 54.4 Å². The molecule has 1 aromatic carbocycles. The molecule has 3 heteroatoms. The van der Waals surface area contributed by atoms with Crippen LogP contribution in [-0.2, 0) is 6.61 Å². The van der Waals surface area contributed by atoms with E-state index in [1.807, 2.05) is 42.6 Å². The Morgan fingerprint density at radius 3 is 2.71 bits per heavy atom. The molecule has 0 radical (unpaired) electrons. The number of pyridine rings is 1. The van der Waals surface area contributed by atoms with Crippen LogP contribution in [0.25, 0.3) is 22.2 Å². The lowest BCUT2D eigenvalue weighted by Crippen LogP contribution is -1.85. The van der Waals surface area contributed by atoms with Crippen molar-refractivity contribution in [3.8, 4) is 11.3 Å². The summed E-state index contributed by atoms with van der Waals surface area (Å²) in [7, 11) is 0. The molecule has 17 heavy (non-hydrogen) atoms. The Labute approximate surface area is 98.8 Å². The molecule has 3 rings (SSSR count). The maximum absolute atomic E-state index is 9.25. The first kappa shape index (κ1) is 10.1. The third-order valence-electron chi connectivity index (χ3n) is 2.91. The zero-order chi connectivity index (χ0) is 11.7. The number of H-pyrrole nitrogens is 1. The van der Waals surface area contributed by atoms with Crippen LogP contribution in [0, 0.1) is 0 Å². The van der Waals surface area contributed by atoms with E-state index in [4.69, 9.17) is 0 Å². The Morgan fingerprint density at radius 2 is 1.94 bits per heavy atom. The Bertz CT molecular complexity index is 644. The minimum absolute atomic E-state index is 0.0399. The van der Waals surface area contributed by atoms with Crippen LogP contribution in [0.15, 0.2) is 48.8 Å². The lowest BCUT2D eigenvalue weighted by molar-refractivity contribution is 0.283. The first-order chi connectivity index (χ1) is 8.40. The van der Waals surface area contributed by atoms with Gasteiger partial charge in [0, 0.05) is 28.9 Å². The first-order valence-corrected chi connectivity index (χ1v) is 5.51. The number of aromatic nitrogens is 2. The predicted octanol–water partition coefficient (Wildman–Crippen LogP) is 2.72. The van der Waals surface area contributed by atoms with Crippen molar-refractivity contribution in [2.24, 2.45) is 0 Å². The van der Waals surface area contributed by atoms with Crippen molar-refractivity contribution in [3.63, 3.8) is 0 Å². The quantitative estimate of drug-likeness (QED) is 0.703. The average molecular weight is 224 g/mol. The molecule has 0 saturated heterocycles. The van der Waals surface area contributed by atoms with Crippen LogP contribution in [0.4, 0.5) is 0 Å². The zero-order valence-electron chi connectivity index (χ0n) is 9.22. The van der Waals surface area contributed by atoms with E-state index in [1.54, 1.807) is 6.20 Å². The topological polar surface area (TPSA) is 48.9 Å². The zero-order valence-corrected chi connectivity index (χ0v) is 9.22. The highest BCUT2D eigenvalue weighted by Gasteiger charge is 2.08. The van der Waals surface area contributed by atoms with Gasteiger partial charge in [-0.25, -0.2) is 0 Å². The molecule has 0 atom stereocenters. The molecule has 0 saturated carbocycles. The highest BCUT2D eigenvalue weighted by molar-refractivity contribution is 5.93. The number of hydrogen-bond acceptors (Lipinski definition) is 2. The summed E-state index contributed by atoms with van der Waals surface area (Å²) in [5.74, 6) is 0. The number of rotatable bonds is 2. The number of nitrogens with one attached hydrogen (secondary N) is 1. The van der Waals surface area contributed by atoms with E-state index in [0.717, 1.165) is 27.7 Å². The fourth-order valence-corrected chi connectivity index (χ4v) is 2.06. The summed E-state index contributed by atoms with van der Waals surface area (Å²) in [5.41, 5.74) is 3.87. The monoisotopic (exact) mass is 224 g/mol. The molecule has 3 nitrogen and oxygen atoms in total. The van der Waals surface area contributed by atoms with Crippen molar-refractivity contribution in [2.45, 2.75) is 6.61 Å². The summed E-state index contributed by atoms with van der Waals surface area (Å²) in [5, 5.41) is 10.3. The predicted molar refractivity (Wildman–Crippen MR) is 67.5 cm³/mol. The van der Waals surface area contributed by atoms with Gasteiger partial charge in [-0.05, 0) is 6.07 Å². The second-order valence-electron chi connectivity index (χ2n) is 3.92. The van der Waals surface area contributed by atoms with E-state index in [1.165, 1.54) is 0 Å². The SMILES string of the molecule is OCc1c[nH]c2c(-c3ccccc3)nccc12. The van der Waals surface area contributed by atoms with Gasteiger partial charge in [0.2, 0.25) is 0 Å². The summed E-state index contributed by atoms with van der Waals surface area (Å²) < 4.78 is 0. The van der Waals surface area contributed by atoms with Crippen LogP contribution < -0.4 is 0 Å². The lowest BCUT2D eigenvalue weighted by Gasteiger charge is -2.02. The minimum atomic E-state index is 0.0399. The van der Waals surface area contributed by atoms with Gasteiger partial charge in [0.25, 0.3) is 0 Å². The third kappa shape index (κ3) is 1.61. The molecule has 2 heterocycles. The van der Waals surface area contributed by atoms with E-state index in [9.17, 15) is 5.11 Å². The summed E-state index contributed by atoms with van der Waals surface area (Å²) in [4.78, 5) is 7.60. The maximum atomic E-state index is 9.25. The Morgan fingerprint density at radius 1 is 1.12 bits per heavy atom. The van der Waals surface area contributed by atoms with Crippen LogP contribution in [-0.4, -0.2) is 15.1 Å². The van der Waals surface area contributed by atoms with Crippen LogP contribution in [0.1, 0.15) is 5.56 Å². The largest absolute Gasteiger partial charge is 0.392 e. The van der Waals surface area contributed by atoms with Gasteiger partial charge < -0.3 is 10.1 Å². The van der Waals surface area contributed by atoms with E-state index >= 15 is 0 Å². The van der Waals surface area contributed by atoms with Crippen molar-refractivity contribution >= 4 is 10.9 Å². The van der Waals surface area contributed by atoms with Gasteiger partial charge in [0.15, 0.2) is 0 Å². The molecule has 0 amide bonds. The fraction of sp³-hybridized carbons (Fsp3) is 0.0714. The number of nitrogens with zero attached hydrogens (tertiary/aromatic N) is 1. The molecule has 2 aromatic heterocycles. The van der Waals surface area contributed by atoms with Crippen LogP contribution in [0.5, 0.6) is 0 Å². The molecule has 0 spiro atoms. The van der Waals surface area contributed by atoms with Gasteiger partial charge in [-0.3, -0.25) is 4.98 Å². The number of aromatic amines is 1. The number of hydrogen-bond donors (Lipinski definition) is 2. The summed E-state index contributed by atoms with van der Waals surface area (Å²) in [6, 6.07) is 11.9. The Hall–Kier alpha value is -2.13. The molecule has 0 unspecified atom stereocenters. The van der Waals surface area contributed by atoms with Gasteiger partial charge in [0.1, 0.15) is 0 Å². The van der Waals surface area contributed by atoms with Crippen LogP contribution >= 0.6 is 0 Å². The van der Waals surface area contributed by atoms with Gasteiger partial charge in [-0.2, -0.15) is 0 Å². The van der Waals surface area contributed by atoms with Gasteiger partial charge in [0.05, 0.1) is 17.8 Å². The summed E-state index contributed by atoms with van der Waals surface area (Å²) in [6.07, 6.45) is 3.61. The standard InChI is InChI=1S/C14H12N2O/c17-9-11-8-16-14-12(11)6-7-15-13(14)10-4-2-1-3-5-10/h1-8,16-17H,9H2. The van der Waals surface area contributed by atoms with E-state index in [0.29, 0.717) is 0 Å². The van der Waals surface area contributed by atoms with Crippen molar-refractivity contribution < 1.29 is 5.11 Å². The molecule has 0 aliphatic rings. The Balaban J connectivity index is 2.28. The number of fused-ring (bicyclic) bond motifs is 1. The lowest BCUT2D eigenvalue weighted by atomic mass is 10.1. The normalized spacial score (nSPS) is 10.9. The number of benzene rings is 1.